The molecule has 0 bridgehead atoms. The number of nitrogens with one attached hydrogen (secondary N) is 2. The lowest BCUT2D eigenvalue weighted by Gasteiger charge is -2.27. The largest absolute Gasteiger partial charge is 0.350 e. The lowest BCUT2D eigenvalue weighted by Crippen LogP contribution is -2.44. The third kappa shape index (κ3) is 3.78. The molecule has 1 aromatic carbocycles. The first-order chi connectivity index (χ1) is 9.36. The van der Waals surface area contributed by atoms with Gasteiger partial charge in [0.2, 0.25) is 15.9 Å². The molecule has 1 amide bonds. The van der Waals surface area contributed by atoms with Crippen LogP contribution < -0.4 is 15.8 Å². The van der Waals surface area contributed by atoms with E-state index in [1.807, 2.05) is 6.92 Å². The average Bonchev–Trinajstić information content (AvgIpc) is 2.33. The zero-order chi connectivity index (χ0) is 14.8. The second kappa shape index (κ2) is 5.90. The summed E-state index contributed by atoms with van der Waals surface area (Å²) in [6.45, 7) is 3.65. The number of primary sulfonamides is 1. The summed E-state index contributed by atoms with van der Waals surface area (Å²) in [4.78, 5) is 11.9. The van der Waals surface area contributed by atoms with E-state index >= 15 is 0 Å². The van der Waals surface area contributed by atoms with Gasteiger partial charge < -0.3 is 10.6 Å². The summed E-state index contributed by atoms with van der Waals surface area (Å²) in [5, 5.41) is 11.1. The molecule has 1 aliphatic rings. The fourth-order valence-electron chi connectivity index (χ4n) is 2.08. The van der Waals surface area contributed by atoms with Gasteiger partial charge >= 0.3 is 0 Å². The van der Waals surface area contributed by atoms with Crippen molar-refractivity contribution < 1.29 is 13.2 Å². The van der Waals surface area contributed by atoms with E-state index in [1.165, 1.54) is 12.1 Å². The maximum atomic E-state index is 11.8. The second-order valence-corrected chi connectivity index (χ2v) is 6.69. The molecule has 0 radical (unpaired) electrons. The monoisotopic (exact) mass is 297 g/mol. The van der Waals surface area contributed by atoms with Crippen molar-refractivity contribution in [2.75, 3.05) is 13.1 Å². The fraction of sp³-hybridized carbons (Fsp3) is 0.462. The predicted octanol–water partition coefficient (Wildman–Crippen LogP) is 0.121. The van der Waals surface area contributed by atoms with Gasteiger partial charge in [0.25, 0.3) is 0 Å². The normalized spacial score (nSPS) is 17.3. The molecule has 1 fully saturated rings. The second-order valence-electron chi connectivity index (χ2n) is 5.13. The zero-order valence-electron chi connectivity index (χ0n) is 11.3. The van der Waals surface area contributed by atoms with E-state index in [-0.39, 0.29) is 16.8 Å². The van der Waals surface area contributed by atoms with Crippen LogP contribution >= 0.6 is 0 Å². The summed E-state index contributed by atoms with van der Waals surface area (Å²) >= 11 is 0. The topological polar surface area (TPSA) is 101 Å². The summed E-state index contributed by atoms with van der Waals surface area (Å²) in [6.07, 6.45) is 0.520. The van der Waals surface area contributed by atoms with Crippen molar-refractivity contribution in [3.8, 4) is 0 Å². The van der Waals surface area contributed by atoms with Crippen molar-refractivity contribution in [3.05, 3.63) is 29.8 Å². The van der Waals surface area contributed by atoms with Crippen molar-refractivity contribution in [1.82, 2.24) is 10.6 Å². The Labute approximate surface area is 118 Å². The quantitative estimate of drug-likeness (QED) is 0.718. The van der Waals surface area contributed by atoms with Crippen LogP contribution in [0.25, 0.3) is 0 Å². The summed E-state index contributed by atoms with van der Waals surface area (Å²) in [5.41, 5.74) is 0.845. The summed E-state index contributed by atoms with van der Waals surface area (Å²) in [5.74, 6) is 0.437. The van der Waals surface area contributed by atoms with Gasteiger partial charge in [-0.25, -0.2) is 13.6 Å². The van der Waals surface area contributed by atoms with Crippen LogP contribution in [-0.2, 0) is 14.8 Å². The molecule has 1 aromatic rings. The third-order valence-electron chi connectivity index (χ3n) is 3.43. The van der Waals surface area contributed by atoms with Crippen LogP contribution in [0.3, 0.4) is 0 Å². The van der Waals surface area contributed by atoms with Crippen molar-refractivity contribution in [3.63, 3.8) is 0 Å². The Kier molecular flexibility index (Phi) is 4.42. The van der Waals surface area contributed by atoms with Crippen LogP contribution in [-0.4, -0.2) is 27.4 Å². The first-order valence-corrected chi connectivity index (χ1v) is 8.04. The number of amides is 1. The highest BCUT2D eigenvalue weighted by Gasteiger charge is 2.21. The van der Waals surface area contributed by atoms with Gasteiger partial charge in [0.15, 0.2) is 0 Å². The van der Waals surface area contributed by atoms with E-state index in [2.05, 4.69) is 10.6 Å². The van der Waals surface area contributed by atoms with E-state index in [1.54, 1.807) is 12.1 Å². The molecule has 0 aliphatic carbocycles. The van der Waals surface area contributed by atoms with Gasteiger partial charge in [0, 0.05) is 6.42 Å². The molecule has 4 N–H and O–H groups in total. The van der Waals surface area contributed by atoms with Gasteiger partial charge in [-0.3, -0.25) is 4.79 Å². The van der Waals surface area contributed by atoms with Crippen LogP contribution in [0.4, 0.5) is 0 Å². The van der Waals surface area contributed by atoms with Crippen LogP contribution in [0.1, 0.15) is 24.9 Å². The van der Waals surface area contributed by atoms with E-state index in [9.17, 15) is 13.2 Å². The summed E-state index contributed by atoms with van der Waals surface area (Å²) < 4.78 is 22.3. The maximum absolute atomic E-state index is 11.8. The number of hydrogen-bond donors (Lipinski definition) is 3. The molecular weight excluding hydrogens is 278 g/mol. The molecule has 110 valence electrons. The first-order valence-electron chi connectivity index (χ1n) is 6.49. The number of carbonyl (C=O) groups excluding carboxylic acids is 1. The number of sulfonamides is 1. The average molecular weight is 297 g/mol. The van der Waals surface area contributed by atoms with Crippen LogP contribution in [0, 0.1) is 5.92 Å². The Morgan fingerprint density at radius 3 is 2.45 bits per heavy atom. The Balaban J connectivity index is 1.94. The predicted molar refractivity (Wildman–Crippen MR) is 75.3 cm³/mol. The minimum Gasteiger partial charge on any atom is -0.350 e. The number of hydrogen-bond acceptors (Lipinski definition) is 4. The van der Waals surface area contributed by atoms with Gasteiger partial charge in [0.1, 0.15) is 0 Å². The van der Waals surface area contributed by atoms with Gasteiger partial charge in [-0.1, -0.05) is 12.1 Å². The van der Waals surface area contributed by atoms with Crippen LogP contribution in [0.15, 0.2) is 29.2 Å². The molecule has 20 heavy (non-hydrogen) atoms. The number of carbonyl (C=O) groups is 1. The minimum absolute atomic E-state index is 0.0134. The summed E-state index contributed by atoms with van der Waals surface area (Å²) in [7, 11) is -3.67. The Hall–Kier alpha value is -1.44. The molecule has 0 saturated carbocycles. The number of rotatable bonds is 5. The van der Waals surface area contributed by atoms with Gasteiger partial charge in [-0.15, -0.1) is 0 Å². The Morgan fingerprint density at radius 1 is 1.40 bits per heavy atom. The zero-order valence-corrected chi connectivity index (χ0v) is 12.1. The molecule has 7 heteroatoms. The summed E-state index contributed by atoms with van der Waals surface area (Å²) in [6, 6.07) is 6.06. The van der Waals surface area contributed by atoms with Gasteiger partial charge in [-0.2, -0.15) is 0 Å². The van der Waals surface area contributed by atoms with E-state index in [4.69, 9.17) is 5.14 Å². The van der Waals surface area contributed by atoms with Gasteiger partial charge in [-0.05, 0) is 43.6 Å². The lowest BCUT2D eigenvalue weighted by atomic mass is 9.98. The van der Waals surface area contributed by atoms with Crippen molar-refractivity contribution in [2.45, 2.75) is 24.3 Å². The highest BCUT2D eigenvalue weighted by molar-refractivity contribution is 7.89. The van der Waals surface area contributed by atoms with Crippen molar-refractivity contribution >= 4 is 15.9 Å². The molecule has 0 aromatic heterocycles. The maximum Gasteiger partial charge on any atom is 0.238 e. The standard InChI is InChI=1S/C13H19N3O3S/c1-9(16-13(17)6-10-7-15-8-10)11-2-4-12(5-3-11)20(14,18)19/h2-5,9-10,15H,6-8H2,1H3,(H,16,17)(H2,14,18,19). The minimum atomic E-state index is -3.67. The molecule has 1 aliphatic heterocycles. The highest BCUT2D eigenvalue weighted by Crippen LogP contribution is 2.16. The number of nitrogens with two attached hydrogens (primary N) is 1. The SMILES string of the molecule is CC(NC(=O)CC1CNC1)c1ccc(S(N)(=O)=O)cc1. The third-order valence-corrected chi connectivity index (χ3v) is 4.36. The van der Waals surface area contributed by atoms with E-state index < -0.39 is 10.0 Å². The number of benzene rings is 1. The lowest BCUT2D eigenvalue weighted by molar-refractivity contribution is -0.123. The molecule has 1 heterocycles. The molecule has 2 rings (SSSR count). The van der Waals surface area contributed by atoms with Crippen LogP contribution in [0.2, 0.25) is 0 Å². The van der Waals surface area contributed by atoms with Gasteiger partial charge in [0.05, 0.1) is 10.9 Å². The molecule has 1 unspecified atom stereocenters. The first kappa shape index (κ1) is 15.0. The molecule has 6 nitrogen and oxygen atoms in total. The molecule has 1 atom stereocenters. The molecule has 1 saturated heterocycles. The van der Waals surface area contributed by atoms with Crippen molar-refractivity contribution in [2.24, 2.45) is 11.1 Å². The van der Waals surface area contributed by atoms with E-state index in [0.717, 1.165) is 18.7 Å². The fourth-order valence-corrected chi connectivity index (χ4v) is 2.60. The van der Waals surface area contributed by atoms with E-state index in [0.29, 0.717) is 12.3 Å². The Bertz CT molecular complexity index is 579. The van der Waals surface area contributed by atoms with Crippen LogP contribution in [0.5, 0.6) is 0 Å². The molecular formula is C13H19N3O3S. The smallest absolute Gasteiger partial charge is 0.238 e. The Morgan fingerprint density at radius 2 is 2.00 bits per heavy atom. The highest BCUT2D eigenvalue weighted by atomic mass is 32.2. The van der Waals surface area contributed by atoms with Crippen molar-refractivity contribution in [1.29, 1.82) is 0 Å². The molecule has 0 spiro atoms.